The maximum Gasteiger partial charge on any atom is 0.115 e. The molecule has 0 saturated carbocycles. The number of rotatable bonds is 6. The van der Waals surface area contributed by atoms with Crippen LogP contribution in [0.4, 0.5) is 0 Å². The molecule has 0 unspecified atom stereocenters. The third-order valence-corrected chi connectivity index (χ3v) is 1.65. The van der Waals surface area contributed by atoms with Crippen LogP contribution >= 0.6 is 0 Å². The molecule has 0 radical (unpaired) electrons. The molecule has 0 rings (SSSR count). The van der Waals surface area contributed by atoms with Crippen LogP contribution in [0, 0.1) is 0 Å². The SMILES string of the molecule is C=C(/C=C\C(=C/C)OCC)CCC. The molecule has 0 aliphatic rings. The first-order chi connectivity index (χ1) is 6.24. The molecule has 0 aromatic rings. The fourth-order valence-corrected chi connectivity index (χ4v) is 0.999. The van der Waals surface area contributed by atoms with Crippen LogP contribution in [0.5, 0.6) is 0 Å². The molecule has 0 saturated heterocycles. The van der Waals surface area contributed by atoms with Gasteiger partial charge in [0, 0.05) is 0 Å². The second-order valence-corrected chi connectivity index (χ2v) is 2.87. The molecular weight excluding hydrogens is 160 g/mol. The van der Waals surface area contributed by atoms with Gasteiger partial charge < -0.3 is 4.74 Å². The zero-order valence-electron chi connectivity index (χ0n) is 8.97. The molecule has 0 aromatic heterocycles. The lowest BCUT2D eigenvalue weighted by molar-refractivity contribution is 0.242. The normalized spacial score (nSPS) is 12.1. The molecule has 0 N–H and O–H groups in total. The Bertz CT molecular complexity index is 199. The van der Waals surface area contributed by atoms with E-state index in [0.717, 1.165) is 24.2 Å². The summed E-state index contributed by atoms with van der Waals surface area (Å²) in [4.78, 5) is 0. The van der Waals surface area contributed by atoms with Crippen molar-refractivity contribution in [3.63, 3.8) is 0 Å². The minimum atomic E-state index is 0.713. The van der Waals surface area contributed by atoms with Gasteiger partial charge in [-0.2, -0.15) is 0 Å². The number of allylic oxidation sites excluding steroid dienone is 4. The van der Waals surface area contributed by atoms with E-state index in [1.165, 1.54) is 0 Å². The van der Waals surface area contributed by atoms with Crippen LogP contribution in [-0.2, 0) is 4.74 Å². The molecule has 74 valence electrons. The Morgan fingerprint density at radius 2 is 2.00 bits per heavy atom. The molecule has 0 aliphatic carbocycles. The van der Waals surface area contributed by atoms with Crippen LogP contribution in [0.1, 0.15) is 33.6 Å². The van der Waals surface area contributed by atoms with Crippen LogP contribution in [-0.4, -0.2) is 6.61 Å². The number of hydrogen-bond donors (Lipinski definition) is 0. The third kappa shape index (κ3) is 6.21. The monoisotopic (exact) mass is 180 g/mol. The summed E-state index contributed by atoms with van der Waals surface area (Å²) in [6, 6.07) is 0. The predicted molar refractivity (Wildman–Crippen MR) is 58.6 cm³/mol. The summed E-state index contributed by atoms with van der Waals surface area (Å²) < 4.78 is 5.35. The lowest BCUT2D eigenvalue weighted by atomic mass is 10.1. The molecule has 0 aliphatic heterocycles. The van der Waals surface area contributed by atoms with Crippen molar-refractivity contribution in [1.82, 2.24) is 0 Å². The lowest BCUT2D eigenvalue weighted by Gasteiger charge is -2.02. The van der Waals surface area contributed by atoms with E-state index in [9.17, 15) is 0 Å². The Labute approximate surface area is 81.8 Å². The predicted octanol–water partition coefficient (Wildman–Crippen LogP) is 3.84. The molecule has 0 atom stereocenters. The summed E-state index contributed by atoms with van der Waals surface area (Å²) >= 11 is 0. The van der Waals surface area contributed by atoms with Gasteiger partial charge in [0.25, 0.3) is 0 Å². The highest BCUT2D eigenvalue weighted by Crippen LogP contribution is 2.06. The summed E-state index contributed by atoms with van der Waals surface area (Å²) in [5, 5.41) is 0. The van der Waals surface area contributed by atoms with Gasteiger partial charge in [-0.3, -0.25) is 0 Å². The summed E-state index contributed by atoms with van der Waals surface area (Å²) in [6.07, 6.45) is 8.15. The molecule has 0 fully saturated rings. The average molecular weight is 180 g/mol. The van der Waals surface area contributed by atoms with Crippen molar-refractivity contribution in [2.45, 2.75) is 33.6 Å². The summed E-state index contributed by atoms with van der Waals surface area (Å²) in [6.45, 7) is 10.8. The summed E-state index contributed by atoms with van der Waals surface area (Å²) in [7, 11) is 0. The van der Waals surface area contributed by atoms with E-state index in [4.69, 9.17) is 4.74 Å². The van der Waals surface area contributed by atoms with Gasteiger partial charge in [0.05, 0.1) is 6.61 Å². The fourth-order valence-electron chi connectivity index (χ4n) is 0.999. The molecule has 1 heteroatoms. The first-order valence-corrected chi connectivity index (χ1v) is 4.89. The van der Waals surface area contributed by atoms with E-state index >= 15 is 0 Å². The van der Waals surface area contributed by atoms with E-state index in [1.807, 2.05) is 32.1 Å². The van der Waals surface area contributed by atoms with Gasteiger partial charge in [-0.15, -0.1) is 0 Å². The first-order valence-electron chi connectivity index (χ1n) is 4.89. The quantitative estimate of drug-likeness (QED) is 0.446. The molecule has 0 amide bonds. The molecule has 0 bridgehead atoms. The second kappa shape index (κ2) is 7.66. The summed E-state index contributed by atoms with van der Waals surface area (Å²) in [5.41, 5.74) is 1.15. The van der Waals surface area contributed by atoms with Crippen LogP contribution in [0.2, 0.25) is 0 Å². The highest BCUT2D eigenvalue weighted by Gasteiger charge is 1.89. The van der Waals surface area contributed by atoms with E-state index in [-0.39, 0.29) is 0 Å². The Morgan fingerprint density at radius 3 is 2.46 bits per heavy atom. The Hall–Kier alpha value is -0.980. The van der Waals surface area contributed by atoms with E-state index in [1.54, 1.807) is 0 Å². The van der Waals surface area contributed by atoms with E-state index in [0.29, 0.717) is 6.61 Å². The molecular formula is C12H20O. The zero-order chi connectivity index (χ0) is 10.1. The zero-order valence-corrected chi connectivity index (χ0v) is 8.97. The maximum absolute atomic E-state index is 5.35. The van der Waals surface area contributed by atoms with Gasteiger partial charge in [-0.05, 0) is 32.4 Å². The second-order valence-electron chi connectivity index (χ2n) is 2.87. The highest BCUT2D eigenvalue weighted by atomic mass is 16.5. The van der Waals surface area contributed by atoms with Crippen LogP contribution in [0.25, 0.3) is 0 Å². The molecule has 0 spiro atoms. The van der Waals surface area contributed by atoms with Crippen molar-refractivity contribution in [3.05, 3.63) is 36.1 Å². The molecule has 1 nitrogen and oxygen atoms in total. The van der Waals surface area contributed by atoms with Crippen molar-refractivity contribution < 1.29 is 4.74 Å². The number of ether oxygens (including phenoxy) is 1. The largest absolute Gasteiger partial charge is 0.494 e. The standard InChI is InChI=1S/C12H20O/c1-5-8-11(4)9-10-12(6-2)13-7-3/h6,9-10H,4-5,7-8H2,1-3H3/b10-9-,12-6+. The number of hydrogen-bond acceptors (Lipinski definition) is 1. The van der Waals surface area contributed by atoms with E-state index < -0.39 is 0 Å². The van der Waals surface area contributed by atoms with E-state index in [2.05, 4.69) is 13.5 Å². The molecule has 0 aromatic carbocycles. The highest BCUT2D eigenvalue weighted by molar-refractivity contribution is 5.22. The summed E-state index contributed by atoms with van der Waals surface area (Å²) in [5.74, 6) is 0.916. The minimum absolute atomic E-state index is 0.713. The average Bonchev–Trinajstić information content (AvgIpc) is 2.12. The minimum Gasteiger partial charge on any atom is -0.494 e. The van der Waals surface area contributed by atoms with Gasteiger partial charge in [0.2, 0.25) is 0 Å². The fraction of sp³-hybridized carbons (Fsp3) is 0.500. The lowest BCUT2D eigenvalue weighted by Crippen LogP contribution is -1.87. The molecule has 0 heterocycles. The van der Waals surface area contributed by atoms with Gasteiger partial charge in [0.1, 0.15) is 5.76 Å². The van der Waals surface area contributed by atoms with Gasteiger partial charge in [-0.25, -0.2) is 0 Å². The van der Waals surface area contributed by atoms with Gasteiger partial charge in [0.15, 0.2) is 0 Å². The van der Waals surface area contributed by atoms with Gasteiger partial charge in [-0.1, -0.05) is 31.6 Å². The maximum atomic E-state index is 5.35. The topological polar surface area (TPSA) is 9.23 Å². The molecule has 13 heavy (non-hydrogen) atoms. The van der Waals surface area contributed by atoms with Gasteiger partial charge >= 0.3 is 0 Å². The van der Waals surface area contributed by atoms with Crippen molar-refractivity contribution in [3.8, 4) is 0 Å². The smallest absolute Gasteiger partial charge is 0.115 e. The van der Waals surface area contributed by atoms with Crippen molar-refractivity contribution in [2.75, 3.05) is 6.61 Å². The van der Waals surface area contributed by atoms with Crippen LogP contribution in [0.15, 0.2) is 36.1 Å². The Balaban J connectivity index is 4.00. The first kappa shape index (κ1) is 12.0. The van der Waals surface area contributed by atoms with Crippen molar-refractivity contribution >= 4 is 0 Å². The van der Waals surface area contributed by atoms with Crippen molar-refractivity contribution in [2.24, 2.45) is 0 Å². The Kier molecular flexibility index (Phi) is 7.08. The Morgan fingerprint density at radius 1 is 1.31 bits per heavy atom. The van der Waals surface area contributed by atoms with Crippen LogP contribution in [0.3, 0.4) is 0 Å². The van der Waals surface area contributed by atoms with Crippen molar-refractivity contribution in [1.29, 1.82) is 0 Å². The third-order valence-electron chi connectivity index (χ3n) is 1.65. The van der Waals surface area contributed by atoms with Crippen LogP contribution < -0.4 is 0 Å².